The molecule has 0 bridgehead atoms. The van der Waals surface area contributed by atoms with Gasteiger partial charge in [-0.25, -0.2) is 18.2 Å². The number of rotatable bonds is 4. The fraction of sp³-hybridized carbons (Fsp3) is 0.500. The number of nitro groups is 1. The molecule has 156 valence electrons. The van der Waals surface area contributed by atoms with Gasteiger partial charge < -0.3 is 9.64 Å². The van der Waals surface area contributed by atoms with Crippen molar-refractivity contribution in [3.63, 3.8) is 0 Å². The number of likely N-dealkylation sites (tertiary alicyclic amines) is 1. The second kappa shape index (κ2) is 7.54. The summed E-state index contributed by atoms with van der Waals surface area (Å²) in [6.45, 7) is 6.05. The molecule has 1 aromatic heterocycles. The number of amides is 1. The average Bonchev–Trinajstić information content (AvgIpc) is 3.07. The van der Waals surface area contributed by atoms with Crippen LogP contribution >= 0.6 is 0 Å². The lowest BCUT2D eigenvalue weighted by atomic mass is 10.2. The van der Waals surface area contributed by atoms with E-state index in [-0.39, 0.29) is 33.4 Å². The van der Waals surface area contributed by atoms with Crippen LogP contribution in [0.25, 0.3) is 11.0 Å². The second-order valence-electron chi connectivity index (χ2n) is 8.00. The van der Waals surface area contributed by atoms with Gasteiger partial charge in [-0.3, -0.25) is 15.1 Å². The topological polar surface area (TPSA) is 133 Å². The van der Waals surface area contributed by atoms with Crippen LogP contribution in [0.4, 0.5) is 10.5 Å². The summed E-state index contributed by atoms with van der Waals surface area (Å²) < 4.78 is 30.9. The molecule has 1 amide bonds. The Morgan fingerprint density at radius 1 is 1.34 bits per heavy atom. The summed E-state index contributed by atoms with van der Waals surface area (Å²) in [5.74, 6) is -0.402. The standard InChI is InChI=1S/C18H22N4O6S/c1-18(2,3)28-17(23)21-7-6-12(10-21)11-29(26,27)16-9-19-15-8-13(22(24)25)4-5-14(15)20-16/h4-5,8-9,12H,6-7,10-11H2,1-3H3/t12-/m1/s1. The number of fused-ring (bicyclic) bond motifs is 1. The molecule has 0 N–H and O–H groups in total. The first-order valence-electron chi connectivity index (χ1n) is 9.06. The average molecular weight is 422 g/mol. The molecular weight excluding hydrogens is 400 g/mol. The van der Waals surface area contributed by atoms with Crippen molar-refractivity contribution in [3.8, 4) is 0 Å². The highest BCUT2D eigenvalue weighted by Crippen LogP contribution is 2.24. The molecule has 10 nitrogen and oxygen atoms in total. The van der Waals surface area contributed by atoms with Crippen LogP contribution in [-0.4, -0.2) is 58.7 Å². The summed E-state index contributed by atoms with van der Waals surface area (Å²) in [6.07, 6.45) is 1.21. The Kier molecular flexibility index (Phi) is 5.44. The van der Waals surface area contributed by atoms with E-state index in [1.807, 2.05) is 0 Å². The number of hydrogen-bond donors (Lipinski definition) is 0. The molecule has 0 radical (unpaired) electrons. The van der Waals surface area contributed by atoms with Crippen molar-refractivity contribution in [2.24, 2.45) is 5.92 Å². The maximum Gasteiger partial charge on any atom is 0.410 e. The Balaban J connectivity index is 1.72. The van der Waals surface area contributed by atoms with E-state index in [4.69, 9.17) is 4.74 Å². The highest BCUT2D eigenvalue weighted by molar-refractivity contribution is 7.91. The van der Waals surface area contributed by atoms with E-state index in [0.29, 0.717) is 19.5 Å². The Bertz CT molecular complexity index is 1060. The molecule has 1 atom stereocenters. The third-order valence-electron chi connectivity index (χ3n) is 4.43. The molecule has 1 saturated heterocycles. The fourth-order valence-corrected chi connectivity index (χ4v) is 4.62. The van der Waals surface area contributed by atoms with Gasteiger partial charge in [-0.15, -0.1) is 0 Å². The molecular formula is C18H22N4O6S. The highest BCUT2D eigenvalue weighted by Gasteiger charge is 2.33. The number of nitro benzene ring substituents is 1. The fourth-order valence-electron chi connectivity index (χ4n) is 3.10. The largest absolute Gasteiger partial charge is 0.444 e. The van der Waals surface area contributed by atoms with Gasteiger partial charge in [-0.2, -0.15) is 0 Å². The Labute approximate surface area is 168 Å². The van der Waals surface area contributed by atoms with Crippen molar-refractivity contribution in [1.82, 2.24) is 14.9 Å². The van der Waals surface area contributed by atoms with Crippen LogP contribution in [0.2, 0.25) is 0 Å². The lowest BCUT2D eigenvalue weighted by Crippen LogP contribution is -2.35. The van der Waals surface area contributed by atoms with Crippen LogP contribution in [0.15, 0.2) is 29.4 Å². The molecule has 1 fully saturated rings. The van der Waals surface area contributed by atoms with Crippen molar-refractivity contribution < 1.29 is 22.9 Å². The van der Waals surface area contributed by atoms with E-state index in [1.165, 1.54) is 23.1 Å². The van der Waals surface area contributed by atoms with Crippen molar-refractivity contribution >= 4 is 32.7 Å². The molecule has 2 heterocycles. The van der Waals surface area contributed by atoms with E-state index in [0.717, 1.165) is 6.20 Å². The highest BCUT2D eigenvalue weighted by atomic mass is 32.2. The maximum atomic E-state index is 12.8. The Morgan fingerprint density at radius 2 is 2.07 bits per heavy atom. The smallest absolute Gasteiger partial charge is 0.410 e. The zero-order valence-corrected chi connectivity index (χ0v) is 17.2. The molecule has 0 unspecified atom stereocenters. The molecule has 1 aromatic carbocycles. The third kappa shape index (κ3) is 4.97. The molecule has 2 aromatic rings. The molecule has 1 aliphatic heterocycles. The van der Waals surface area contributed by atoms with E-state index in [1.54, 1.807) is 20.8 Å². The van der Waals surface area contributed by atoms with Gasteiger partial charge >= 0.3 is 6.09 Å². The van der Waals surface area contributed by atoms with Crippen molar-refractivity contribution in [2.75, 3.05) is 18.8 Å². The van der Waals surface area contributed by atoms with Crippen LogP contribution in [0.5, 0.6) is 0 Å². The minimum atomic E-state index is -3.73. The van der Waals surface area contributed by atoms with Gasteiger partial charge in [0.2, 0.25) is 0 Å². The van der Waals surface area contributed by atoms with Crippen LogP contribution < -0.4 is 0 Å². The maximum absolute atomic E-state index is 12.8. The van der Waals surface area contributed by atoms with Crippen LogP contribution in [-0.2, 0) is 14.6 Å². The summed E-state index contributed by atoms with van der Waals surface area (Å²) >= 11 is 0. The first kappa shape index (κ1) is 20.9. The van der Waals surface area contributed by atoms with Crippen LogP contribution in [0.1, 0.15) is 27.2 Å². The molecule has 11 heteroatoms. The number of nitrogens with zero attached hydrogens (tertiary/aromatic N) is 4. The molecule has 0 saturated carbocycles. The lowest BCUT2D eigenvalue weighted by Gasteiger charge is -2.24. The van der Waals surface area contributed by atoms with Gasteiger partial charge in [0.05, 0.1) is 27.9 Å². The molecule has 0 spiro atoms. The Hall–Kier alpha value is -2.82. The van der Waals surface area contributed by atoms with E-state index in [2.05, 4.69) is 9.97 Å². The quantitative estimate of drug-likeness (QED) is 0.542. The lowest BCUT2D eigenvalue weighted by molar-refractivity contribution is -0.384. The summed E-state index contributed by atoms with van der Waals surface area (Å²) in [5, 5.41) is 10.7. The SMILES string of the molecule is CC(C)(C)OC(=O)N1CC[C@@H](CS(=O)(=O)c2cnc3cc([N+](=O)[O-])ccc3n2)C1. The third-order valence-corrected chi connectivity index (χ3v) is 6.17. The van der Waals surface area contributed by atoms with Crippen molar-refractivity contribution in [1.29, 1.82) is 0 Å². The van der Waals surface area contributed by atoms with Crippen LogP contribution in [0, 0.1) is 16.0 Å². The zero-order chi connectivity index (χ0) is 21.4. The number of sulfone groups is 1. The van der Waals surface area contributed by atoms with Gasteiger partial charge in [0, 0.05) is 25.2 Å². The van der Waals surface area contributed by atoms with E-state index < -0.39 is 26.5 Å². The van der Waals surface area contributed by atoms with Crippen molar-refractivity contribution in [3.05, 3.63) is 34.5 Å². The monoisotopic (exact) mass is 422 g/mol. The summed E-state index contributed by atoms with van der Waals surface area (Å²) in [4.78, 5) is 32.1. The number of non-ortho nitro benzene ring substituents is 1. The van der Waals surface area contributed by atoms with Gasteiger partial charge in [0.25, 0.3) is 5.69 Å². The first-order valence-corrected chi connectivity index (χ1v) is 10.7. The Morgan fingerprint density at radius 3 is 2.72 bits per heavy atom. The number of ether oxygens (including phenoxy) is 1. The minimum Gasteiger partial charge on any atom is -0.444 e. The number of benzene rings is 1. The summed E-state index contributed by atoms with van der Waals surface area (Å²) in [7, 11) is -3.73. The van der Waals surface area contributed by atoms with Gasteiger partial charge in [-0.05, 0) is 39.2 Å². The van der Waals surface area contributed by atoms with E-state index in [9.17, 15) is 23.3 Å². The normalized spacial score (nSPS) is 17.5. The van der Waals surface area contributed by atoms with Gasteiger partial charge in [0.1, 0.15) is 5.60 Å². The van der Waals surface area contributed by atoms with Crippen molar-refractivity contribution in [2.45, 2.75) is 37.8 Å². The van der Waals surface area contributed by atoms with Gasteiger partial charge in [0.15, 0.2) is 14.9 Å². The number of carbonyl (C=O) groups excluding carboxylic acids is 1. The summed E-state index contributed by atoms with van der Waals surface area (Å²) in [6, 6.07) is 3.87. The van der Waals surface area contributed by atoms with Gasteiger partial charge in [-0.1, -0.05) is 0 Å². The van der Waals surface area contributed by atoms with E-state index >= 15 is 0 Å². The molecule has 0 aliphatic carbocycles. The molecule has 29 heavy (non-hydrogen) atoms. The summed E-state index contributed by atoms with van der Waals surface area (Å²) in [5.41, 5.74) is -0.249. The number of hydrogen-bond acceptors (Lipinski definition) is 8. The predicted octanol–water partition coefficient (Wildman–Crippen LogP) is 2.57. The second-order valence-corrected chi connectivity index (χ2v) is 9.98. The van der Waals surface area contributed by atoms with Crippen LogP contribution in [0.3, 0.4) is 0 Å². The zero-order valence-electron chi connectivity index (χ0n) is 16.4. The predicted molar refractivity (Wildman–Crippen MR) is 104 cm³/mol. The number of aromatic nitrogens is 2. The number of carbonyl (C=O) groups is 1. The molecule has 3 rings (SSSR count). The molecule has 1 aliphatic rings. The minimum absolute atomic E-state index is 0.143. The first-order chi connectivity index (χ1) is 13.4.